The molecule has 0 aromatic rings. The molecule has 0 aliphatic carbocycles. The highest BCUT2D eigenvalue weighted by molar-refractivity contribution is 7.99. The van der Waals surface area contributed by atoms with Crippen molar-refractivity contribution in [3.63, 3.8) is 0 Å². The highest BCUT2D eigenvalue weighted by Crippen LogP contribution is 2.19. The lowest BCUT2D eigenvalue weighted by atomic mass is 10.1. The van der Waals surface area contributed by atoms with Gasteiger partial charge in [-0.1, -0.05) is 76.4 Å². The molecule has 0 aliphatic rings. The van der Waals surface area contributed by atoms with Crippen LogP contribution in [-0.4, -0.2) is 15.5 Å². The summed E-state index contributed by atoms with van der Waals surface area (Å²) in [6.45, 7) is 31.5. The molecule has 164 valence electrons. The zero-order valence-electron chi connectivity index (χ0n) is 18.3. The highest BCUT2D eigenvalue weighted by Gasteiger charge is 2.16. The van der Waals surface area contributed by atoms with E-state index in [1.165, 1.54) is 25.3 Å². The van der Waals surface area contributed by atoms with E-state index in [1.54, 1.807) is 37.3 Å². The van der Waals surface area contributed by atoms with Crippen molar-refractivity contribution in [3.05, 3.63) is 145 Å². The van der Waals surface area contributed by atoms with Crippen LogP contribution in [0.4, 0.5) is 0 Å². The summed E-state index contributed by atoms with van der Waals surface area (Å²) in [5.41, 5.74) is 1.99. The quantitative estimate of drug-likeness (QED) is 0.228. The van der Waals surface area contributed by atoms with Crippen LogP contribution in [0.1, 0.15) is 6.92 Å². The molecule has 0 radical (unpaired) electrons. The highest BCUT2D eigenvalue weighted by atomic mass is 32.2. The molecular weight excluding hydrogens is 408 g/mol. The van der Waals surface area contributed by atoms with Crippen molar-refractivity contribution in [1.82, 2.24) is 0 Å². The Morgan fingerprint density at radius 2 is 1.00 bits per heavy atom. The third-order valence-corrected chi connectivity index (χ3v) is 5.23. The molecule has 0 rings (SSSR count). The predicted molar refractivity (Wildman–Crippen MR) is 132 cm³/mol. The summed E-state index contributed by atoms with van der Waals surface area (Å²) < 4.78 is 35.1. The molecule has 0 amide bonds. The number of ether oxygens (including phenoxy) is 2. The fraction of sp³-hybridized carbons (Fsp3) is 0.0769. The molecule has 0 saturated carbocycles. The smallest absolute Gasteiger partial charge is 0.205 e. The van der Waals surface area contributed by atoms with Crippen LogP contribution >= 0.6 is 0 Å². The maximum atomic E-state index is 12.4. The van der Waals surface area contributed by atoms with Crippen LogP contribution in [0.3, 0.4) is 0 Å². The van der Waals surface area contributed by atoms with E-state index in [0.717, 1.165) is 0 Å². The zero-order chi connectivity index (χ0) is 24.2. The standard InChI is InChI=1S/C26H30O4S/c1-19(2)11-17-25(8)31(27,28)26(9)18-16-24(7)30-23(6)15-13-21(4)20(3)12-14-22(5)29-10/h11-18H,1,3-9H2,2,10H3/b14-12-,15-13-,17-11-,18-16-. The summed E-state index contributed by atoms with van der Waals surface area (Å²) in [4.78, 5) is -0.241. The van der Waals surface area contributed by atoms with E-state index in [2.05, 4.69) is 52.6 Å². The van der Waals surface area contributed by atoms with E-state index in [-0.39, 0.29) is 21.3 Å². The minimum Gasteiger partial charge on any atom is -0.497 e. The number of rotatable bonds is 14. The Morgan fingerprint density at radius 3 is 1.42 bits per heavy atom. The maximum absolute atomic E-state index is 12.4. The Bertz CT molecular complexity index is 1040. The molecule has 0 aromatic carbocycles. The number of methoxy groups -OCH3 is 1. The fourth-order valence-corrected chi connectivity index (χ4v) is 2.51. The van der Waals surface area contributed by atoms with Crippen LogP contribution in [0.25, 0.3) is 0 Å². The van der Waals surface area contributed by atoms with E-state index in [4.69, 9.17) is 9.47 Å². The Hall–Kier alpha value is -3.57. The normalized spacial score (nSPS) is 11.7. The summed E-state index contributed by atoms with van der Waals surface area (Å²) in [6, 6.07) is 0. The molecule has 0 atom stereocenters. The minimum atomic E-state index is -3.78. The first-order chi connectivity index (χ1) is 14.3. The first-order valence-corrected chi connectivity index (χ1v) is 10.5. The van der Waals surface area contributed by atoms with Gasteiger partial charge in [0.25, 0.3) is 0 Å². The molecule has 0 fully saturated rings. The Balaban J connectivity index is 4.91. The Morgan fingerprint density at radius 1 is 0.613 bits per heavy atom. The second-order valence-electron chi connectivity index (χ2n) is 6.37. The largest absolute Gasteiger partial charge is 0.497 e. The molecule has 0 saturated heterocycles. The molecule has 0 N–H and O–H groups in total. The van der Waals surface area contributed by atoms with Crippen molar-refractivity contribution >= 4 is 9.84 Å². The average Bonchev–Trinajstić information content (AvgIpc) is 2.71. The third kappa shape index (κ3) is 10.7. The van der Waals surface area contributed by atoms with Crippen LogP contribution in [0.5, 0.6) is 0 Å². The van der Waals surface area contributed by atoms with Crippen LogP contribution in [0, 0.1) is 0 Å². The lowest BCUT2D eigenvalue weighted by Gasteiger charge is -2.06. The summed E-state index contributed by atoms with van der Waals surface area (Å²) in [7, 11) is -2.26. The van der Waals surface area contributed by atoms with Gasteiger partial charge in [0.15, 0.2) is 0 Å². The zero-order valence-corrected chi connectivity index (χ0v) is 19.1. The van der Waals surface area contributed by atoms with Crippen molar-refractivity contribution in [2.45, 2.75) is 6.92 Å². The first-order valence-electron chi connectivity index (χ1n) is 8.98. The van der Waals surface area contributed by atoms with Gasteiger partial charge in [-0.25, -0.2) is 8.42 Å². The van der Waals surface area contributed by atoms with Crippen LogP contribution < -0.4 is 0 Å². The van der Waals surface area contributed by atoms with Gasteiger partial charge in [-0.15, -0.1) is 0 Å². The molecule has 4 nitrogen and oxygen atoms in total. The number of allylic oxidation sites excluding steroid dienone is 11. The monoisotopic (exact) mass is 438 g/mol. The Labute approximate surface area is 186 Å². The van der Waals surface area contributed by atoms with Gasteiger partial charge in [-0.05, 0) is 48.5 Å². The van der Waals surface area contributed by atoms with E-state index in [1.807, 2.05) is 0 Å². The lowest BCUT2D eigenvalue weighted by Crippen LogP contribution is -2.02. The van der Waals surface area contributed by atoms with Gasteiger partial charge in [0, 0.05) is 0 Å². The van der Waals surface area contributed by atoms with Gasteiger partial charge in [0.2, 0.25) is 9.84 Å². The van der Waals surface area contributed by atoms with E-state index < -0.39 is 9.84 Å². The summed E-state index contributed by atoms with van der Waals surface area (Å²) in [5, 5.41) is 0. The second-order valence-corrected chi connectivity index (χ2v) is 8.43. The van der Waals surface area contributed by atoms with Gasteiger partial charge < -0.3 is 9.47 Å². The topological polar surface area (TPSA) is 52.6 Å². The third-order valence-electron chi connectivity index (χ3n) is 3.58. The van der Waals surface area contributed by atoms with Crippen LogP contribution in [0.15, 0.2) is 145 Å². The van der Waals surface area contributed by atoms with Gasteiger partial charge in [-0.2, -0.15) is 0 Å². The predicted octanol–water partition coefficient (Wildman–Crippen LogP) is 6.55. The van der Waals surface area contributed by atoms with Crippen LogP contribution in [-0.2, 0) is 19.3 Å². The van der Waals surface area contributed by atoms with Gasteiger partial charge in [0.1, 0.15) is 17.3 Å². The SMILES string of the molecule is C=C(C)/C=C\C(=C)S(=O)(=O)C(=C)/C=C\C(=C)OC(=C)/C=C\C(=C)C(=C)/C=C\C(=C)OC. The second kappa shape index (κ2) is 12.9. The molecular formula is C26H30O4S. The summed E-state index contributed by atoms with van der Waals surface area (Å²) in [6.07, 6.45) is 12.2. The van der Waals surface area contributed by atoms with Crippen molar-refractivity contribution in [2.75, 3.05) is 7.11 Å². The summed E-state index contributed by atoms with van der Waals surface area (Å²) in [5.74, 6) is 0.943. The molecule has 0 aromatic heterocycles. The maximum Gasteiger partial charge on any atom is 0.205 e. The molecule has 0 unspecified atom stereocenters. The molecule has 5 heteroatoms. The number of hydrogen-bond acceptors (Lipinski definition) is 4. The van der Waals surface area contributed by atoms with E-state index in [9.17, 15) is 8.42 Å². The van der Waals surface area contributed by atoms with Gasteiger partial charge in [0.05, 0.1) is 16.9 Å². The molecule has 0 bridgehead atoms. The number of hydrogen-bond donors (Lipinski definition) is 0. The van der Waals surface area contributed by atoms with Crippen molar-refractivity contribution in [1.29, 1.82) is 0 Å². The average molecular weight is 439 g/mol. The van der Waals surface area contributed by atoms with Crippen molar-refractivity contribution in [2.24, 2.45) is 0 Å². The van der Waals surface area contributed by atoms with Gasteiger partial charge >= 0.3 is 0 Å². The van der Waals surface area contributed by atoms with E-state index in [0.29, 0.717) is 22.5 Å². The van der Waals surface area contributed by atoms with Gasteiger partial charge in [-0.3, -0.25) is 0 Å². The van der Waals surface area contributed by atoms with Crippen LogP contribution in [0.2, 0.25) is 0 Å². The fourth-order valence-electron chi connectivity index (χ4n) is 1.67. The molecule has 0 aliphatic heterocycles. The van der Waals surface area contributed by atoms with Crippen molar-refractivity contribution in [3.8, 4) is 0 Å². The molecule has 31 heavy (non-hydrogen) atoms. The molecule has 0 heterocycles. The van der Waals surface area contributed by atoms with Crippen molar-refractivity contribution < 1.29 is 17.9 Å². The number of sulfone groups is 1. The summed E-state index contributed by atoms with van der Waals surface area (Å²) >= 11 is 0. The lowest BCUT2D eigenvalue weighted by molar-refractivity contribution is 0.309. The first kappa shape index (κ1) is 27.4. The van der Waals surface area contributed by atoms with E-state index >= 15 is 0 Å². The minimum absolute atomic E-state index is 0.0918. The Kier molecular flexibility index (Phi) is 11.4. The molecule has 0 spiro atoms.